The van der Waals surface area contributed by atoms with Crippen LogP contribution in [0.3, 0.4) is 0 Å². The SMILES string of the molecule is N[C@@H]1C(=O)N2C(C(=O)O)=C(CSc3ncncc3-c3ccc(O)c(O)c3)CS[C@H]12. The fourth-order valence-corrected chi connectivity index (χ4v) is 5.59. The van der Waals surface area contributed by atoms with Crippen molar-refractivity contribution >= 4 is 35.4 Å². The number of carbonyl (C=O) groups is 2. The van der Waals surface area contributed by atoms with Gasteiger partial charge in [0.2, 0.25) is 5.91 Å². The maximum absolute atomic E-state index is 12.0. The summed E-state index contributed by atoms with van der Waals surface area (Å²) in [5, 5.41) is 29.2. The number of phenolic OH excluding ortho intramolecular Hbond substituents is 2. The van der Waals surface area contributed by atoms with Crippen LogP contribution in [0.4, 0.5) is 0 Å². The molecular formula is C18H16N4O5S2. The number of benzene rings is 1. The molecule has 0 unspecified atom stereocenters. The molecule has 0 aliphatic carbocycles. The number of rotatable bonds is 5. The summed E-state index contributed by atoms with van der Waals surface area (Å²) < 4.78 is 0. The van der Waals surface area contributed by atoms with E-state index in [4.69, 9.17) is 5.73 Å². The van der Waals surface area contributed by atoms with Crippen molar-refractivity contribution in [3.8, 4) is 22.6 Å². The van der Waals surface area contributed by atoms with Gasteiger partial charge in [-0.3, -0.25) is 9.69 Å². The lowest BCUT2D eigenvalue weighted by Gasteiger charge is -2.48. The van der Waals surface area contributed by atoms with E-state index in [1.165, 1.54) is 46.9 Å². The van der Waals surface area contributed by atoms with E-state index in [-0.39, 0.29) is 28.5 Å². The average Bonchev–Trinajstić information content (AvgIpc) is 2.73. The number of fused-ring (bicyclic) bond motifs is 1. The van der Waals surface area contributed by atoms with E-state index in [1.54, 1.807) is 12.3 Å². The van der Waals surface area contributed by atoms with E-state index in [2.05, 4.69) is 9.97 Å². The van der Waals surface area contributed by atoms with Crippen molar-refractivity contribution in [2.45, 2.75) is 16.4 Å². The Kier molecular flexibility index (Phi) is 5.11. The molecular weight excluding hydrogens is 416 g/mol. The highest BCUT2D eigenvalue weighted by Gasteiger charge is 2.51. The second kappa shape index (κ2) is 7.58. The zero-order chi connectivity index (χ0) is 20.7. The van der Waals surface area contributed by atoms with Crippen molar-refractivity contribution in [1.29, 1.82) is 0 Å². The van der Waals surface area contributed by atoms with Gasteiger partial charge in [-0.1, -0.05) is 6.07 Å². The number of hydrogen-bond acceptors (Lipinski definition) is 9. The van der Waals surface area contributed by atoms with Crippen LogP contribution in [0.5, 0.6) is 11.5 Å². The minimum absolute atomic E-state index is 0.00849. The Balaban J connectivity index is 1.62. The molecule has 1 aromatic carbocycles. The van der Waals surface area contributed by atoms with Gasteiger partial charge in [-0.15, -0.1) is 23.5 Å². The molecule has 1 amide bonds. The number of carbonyl (C=O) groups excluding carboxylic acids is 1. The first-order valence-electron chi connectivity index (χ1n) is 8.49. The van der Waals surface area contributed by atoms with Crippen LogP contribution in [0.2, 0.25) is 0 Å². The molecule has 2 aliphatic heterocycles. The van der Waals surface area contributed by atoms with E-state index in [0.717, 1.165) is 0 Å². The molecule has 5 N–H and O–H groups in total. The normalized spacial score (nSPS) is 21.0. The molecule has 2 aliphatic rings. The maximum Gasteiger partial charge on any atom is 0.352 e. The van der Waals surface area contributed by atoms with Crippen molar-refractivity contribution < 1.29 is 24.9 Å². The second-order valence-corrected chi connectivity index (χ2v) is 8.50. The molecule has 1 fully saturated rings. The number of aromatic hydroxyl groups is 2. The van der Waals surface area contributed by atoms with E-state index in [9.17, 15) is 24.9 Å². The largest absolute Gasteiger partial charge is 0.504 e. The molecule has 9 nitrogen and oxygen atoms in total. The number of carboxylic acids is 1. The van der Waals surface area contributed by atoms with E-state index < -0.39 is 12.0 Å². The Hall–Kier alpha value is -2.76. The molecule has 1 aromatic heterocycles. The Labute approximate surface area is 173 Å². The summed E-state index contributed by atoms with van der Waals surface area (Å²) in [5.74, 6) is -1.27. The van der Waals surface area contributed by atoms with Crippen LogP contribution in [-0.2, 0) is 9.59 Å². The first kappa shape index (κ1) is 19.6. The third-order valence-electron chi connectivity index (χ3n) is 4.64. The monoisotopic (exact) mass is 432 g/mol. The highest BCUT2D eigenvalue weighted by molar-refractivity contribution is 8.01. The summed E-state index contributed by atoms with van der Waals surface area (Å²) in [6, 6.07) is 3.73. The minimum atomic E-state index is -1.16. The number of nitrogens with two attached hydrogens (primary N) is 1. The molecule has 1 saturated heterocycles. The van der Waals surface area contributed by atoms with Gasteiger partial charge in [-0.25, -0.2) is 14.8 Å². The Bertz CT molecular complexity index is 1040. The lowest BCUT2D eigenvalue weighted by atomic mass is 10.0. The summed E-state index contributed by atoms with van der Waals surface area (Å²) in [5.41, 5.74) is 7.62. The second-order valence-electron chi connectivity index (χ2n) is 6.43. The molecule has 150 valence electrons. The number of aliphatic carboxylic acids is 1. The van der Waals surface area contributed by atoms with Crippen LogP contribution in [0.1, 0.15) is 0 Å². The average molecular weight is 432 g/mol. The lowest BCUT2D eigenvalue weighted by Crippen LogP contribution is -2.68. The molecule has 4 rings (SSSR count). The van der Waals surface area contributed by atoms with Gasteiger partial charge in [0.15, 0.2) is 11.5 Å². The summed E-state index contributed by atoms with van der Waals surface area (Å²) >= 11 is 2.76. The van der Waals surface area contributed by atoms with Crippen LogP contribution < -0.4 is 5.73 Å². The zero-order valence-corrected chi connectivity index (χ0v) is 16.5. The number of β-lactam (4-membered cyclic amide) rings is 1. The quantitative estimate of drug-likeness (QED) is 0.235. The third-order valence-corrected chi connectivity index (χ3v) is 7.09. The molecule has 2 aromatic rings. The first-order chi connectivity index (χ1) is 13.9. The topological polar surface area (TPSA) is 150 Å². The number of amides is 1. The van der Waals surface area contributed by atoms with Crippen LogP contribution in [-0.4, -0.2) is 65.0 Å². The predicted octanol–water partition coefficient (Wildman–Crippen LogP) is 1.23. The van der Waals surface area contributed by atoms with E-state index >= 15 is 0 Å². The van der Waals surface area contributed by atoms with Gasteiger partial charge in [-0.2, -0.15) is 0 Å². The molecule has 0 bridgehead atoms. The highest BCUT2D eigenvalue weighted by Crippen LogP contribution is 2.41. The number of hydrogen-bond donors (Lipinski definition) is 4. The number of nitrogens with zero attached hydrogens (tertiary/aromatic N) is 3. The number of phenols is 2. The van der Waals surface area contributed by atoms with Crippen LogP contribution in [0, 0.1) is 0 Å². The molecule has 29 heavy (non-hydrogen) atoms. The zero-order valence-electron chi connectivity index (χ0n) is 14.8. The van der Waals surface area contributed by atoms with Crippen molar-refractivity contribution in [2.75, 3.05) is 11.5 Å². The van der Waals surface area contributed by atoms with Gasteiger partial charge in [-0.05, 0) is 23.3 Å². The Morgan fingerprint density at radius 2 is 2.14 bits per heavy atom. The van der Waals surface area contributed by atoms with Gasteiger partial charge < -0.3 is 21.1 Å². The van der Waals surface area contributed by atoms with Gasteiger partial charge in [0, 0.05) is 23.3 Å². The lowest BCUT2D eigenvalue weighted by molar-refractivity contribution is -0.147. The molecule has 2 atom stereocenters. The smallest absolute Gasteiger partial charge is 0.352 e. The summed E-state index contributed by atoms with van der Waals surface area (Å²) in [7, 11) is 0. The molecule has 0 saturated carbocycles. The third kappa shape index (κ3) is 3.41. The number of thioether (sulfide) groups is 2. The van der Waals surface area contributed by atoms with Gasteiger partial charge in [0.05, 0.1) is 0 Å². The molecule has 0 spiro atoms. The van der Waals surface area contributed by atoms with Gasteiger partial charge in [0.1, 0.15) is 28.5 Å². The minimum Gasteiger partial charge on any atom is -0.504 e. The maximum atomic E-state index is 12.0. The summed E-state index contributed by atoms with van der Waals surface area (Å²) in [6.45, 7) is 0. The highest BCUT2D eigenvalue weighted by atomic mass is 32.2. The first-order valence-corrected chi connectivity index (χ1v) is 10.5. The molecule has 0 radical (unpaired) electrons. The number of carboxylic acid groups (broad SMARTS) is 1. The van der Waals surface area contributed by atoms with E-state index in [0.29, 0.717) is 33.2 Å². The summed E-state index contributed by atoms with van der Waals surface area (Å²) in [4.78, 5) is 33.4. The standard InChI is InChI=1S/C18H16N4O5S2/c19-13-16(25)22-14(18(26)27)9(6-29-17(13)22)5-28-15-10(4-20-7-21-15)8-1-2-11(23)12(24)3-8/h1-4,7,13,17,23-24H,5-6,19H2,(H,26,27)/t13-,17-/m1/s1. The van der Waals surface area contributed by atoms with E-state index in [1.807, 2.05) is 0 Å². The Morgan fingerprint density at radius 1 is 1.34 bits per heavy atom. The van der Waals surface area contributed by atoms with Crippen molar-refractivity contribution in [3.63, 3.8) is 0 Å². The molecule has 3 heterocycles. The Morgan fingerprint density at radius 3 is 2.86 bits per heavy atom. The molecule has 11 heteroatoms. The predicted molar refractivity (Wildman–Crippen MR) is 107 cm³/mol. The number of aromatic nitrogens is 2. The van der Waals surface area contributed by atoms with Crippen molar-refractivity contribution in [3.05, 3.63) is 42.0 Å². The van der Waals surface area contributed by atoms with Crippen molar-refractivity contribution in [1.82, 2.24) is 14.9 Å². The van der Waals surface area contributed by atoms with Crippen molar-refractivity contribution in [2.24, 2.45) is 5.73 Å². The van der Waals surface area contributed by atoms with Crippen LogP contribution in [0.15, 0.2) is 47.0 Å². The summed E-state index contributed by atoms with van der Waals surface area (Å²) in [6.07, 6.45) is 2.96. The van der Waals surface area contributed by atoms with Gasteiger partial charge in [0.25, 0.3) is 0 Å². The van der Waals surface area contributed by atoms with Crippen LogP contribution in [0.25, 0.3) is 11.1 Å². The fourth-order valence-electron chi connectivity index (χ4n) is 3.17. The van der Waals surface area contributed by atoms with Crippen LogP contribution >= 0.6 is 23.5 Å². The fraction of sp³-hybridized carbons (Fsp3) is 0.222. The van der Waals surface area contributed by atoms with Gasteiger partial charge >= 0.3 is 5.97 Å².